The van der Waals surface area contributed by atoms with Gasteiger partial charge in [0.05, 0.1) is 6.61 Å². The van der Waals surface area contributed by atoms with Crippen molar-refractivity contribution in [2.75, 3.05) is 13.2 Å². The van der Waals surface area contributed by atoms with Crippen LogP contribution in [-0.2, 0) is 16.1 Å². The van der Waals surface area contributed by atoms with Crippen LogP contribution in [0, 0.1) is 0 Å². The molecule has 0 aliphatic rings. The molecule has 1 amide bonds. The number of rotatable bonds is 5. The Hall–Kier alpha value is -2.04. The van der Waals surface area contributed by atoms with E-state index in [-0.39, 0.29) is 19.7 Å². The van der Waals surface area contributed by atoms with Gasteiger partial charge < -0.3 is 9.84 Å². The van der Waals surface area contributed by atoms with E-state index in [1.54, 1.807) is 19.1 Å². The van der Waals surface area contributed by atoms with Crippen molar-refractivity contribution in [1.29, 1.82) is 0 Å². The summed E-state index contributed by atoms with van der Waals surface area (Å²) in [7, 11) is 0. The van der Waals surface area contributed by atoms with E-state index < -0.39 is 12.1 Å². The van der Waals surface area contributed by atoms with Crippen LogP contribution in [0.15, 0.2) is 30.3 Å². The number of nitrogens with zero attached hydrogens (tertiary/aromatic N) is 1. The second-order valence-electron chi connectivity index (χ2n) is 3.43. The summed E-state index contributed by atoms with van der Waals surface area (Å²) in [5.74, 6) is -0.536. The molecule has 1 aromatic carbocycles. The minimum atomic E-state index is -1.14. The Balaban J connectivity index is 2.61. The molecule has 0 aliphatic heterocycles. The molecule has 0 unspecified atom stereocenters. The highest BCUT2D eigenvalue weighted by Gasteiger charge is 2.16. The number of carbonyl (C=O) groups is 2. The molecule has 0 aromatic heterocycles. The van der Waals surface area contributed by atoms with Crippen molar-refractivity contribution in [1.82, 2.24) is 4.90 Å². The largest absolute Gasteiger partial charge is 0.465 e. The quantitative estimate of drug-likeness (QED) is 0.792. The highest BCUT2D eigenvalue weighted by atomic mass is 16.5. The number of hydrogen-bond acceptors (Lipinski definition) is 3. The van der Waals surface area contributed by atoms with Gasteiger partial charge in [-0.1, -0.05) is 30.3 Å². The van der Waals surface area contributed by atoms with Crippen molar-refractivity contribution in [3.8, 4) is 0 Å². The van der Waals surface area contributed by atoms with Gasteiger partial charge >= 0.3 is 12.1 Å². The molecule has 5 heteroatoms. The summed E-state index contributed by atoms with van der Waals surface area (Å²) in [4.78, 5) is 23.2. The third-order valence-electron chi connectivity index (χ3n) is 2.11. The van der Waals surface area contributed by atoms with Gasteiger partial charge in [0.25, 0.3) is 0 Å². The van der Waals surface area contributed by atoms with Crippen molar-refractivity contribution in [2.24, 2.45) is 0 Å². The lowest BCUT2D eigenvalue weighted by molar-refractivity contribution is -0.144. The van der Waals surface area contributed by atoms with E-state index in [9.17, 15) is 9.59 Å². The molecule has 1 aromatic rings. The van der Waals surface area contributed by atoms with Crippen LogP contribution in [0.1, 0.15) is 12.5 Å². The zero-order chi connectivity index (χ0) is 12.7. The van der Waals surface area contributed by atoms with Gasteiger partial charge in [-0.15, -0.1) is 0 Å². The normalized spacial score (nSPS) is 9.71. The molecule has 0 saturated carbocycles. The summed E-state index contributed by atoms with van der Waals surface area (Å²) in [6, 6.07) is 9.10. The summed E-state index contributed by atoms with van der Waals surface area (Å²) < 4.78 is 4.72. The summed E-state index contributed by atoms with van der Waals surface area (Å²) >= 11 is 0. The first-order valence-electron chi connectivity index (χ1n) is 5.31. The number of hydrogen-bond donors (Lipinski definition) is 1. The van der Waals surface area contributed by atoms with E-state index in [0.29, 0.717) is 0 Å². The minimum Gasteiger partial charge on any atom is -0.465 e. The van der Waals surface area contributed by atoms with Gasteiger partial charge in [0.15, 0.2) is 0 Å². The number of esters is 1. The first-order valence-corrected chi connectivity index (χ1v) is 5.31. The van der Waals surface area contributed by atoms with Crippen molar-refractivity contribution < 1.29 is 19.4 Å². The molecular weight excluding hydrogens is 222 g/mol. The van der Waals surface area contributed by atoms with Crippen LogP contribution in [0.3, 0.4) is 0 Å². The van der Waals surface area contributed by atoms with E-state index >= 15 is 0 Å². The number of ether oxygens (including phenoxy) is 1. The van der Waals surface area contributed by atoms with Crippen LogP contribution in [0.2, 0.25) is 0 Å². The van der Waals surface area contributed by atoms with Gasteiger partial charge in [0, 0.05) is 6.54 Å². The van der Waals surface area contributed by atoms with Crippen LogP contribution in [0.4, 0.5) is 4.79 Å². The lowest BCUT2D eigenvalue weighted by Gasteiger charge is -2.18. The maximum Gasteiger partial charge on any atom is 0.408 e. The van der Waals surface area contributed by atoms with E-state index in [0.717, 1.165) is 10.5 Å². The highest BCUT2D eigenvalue weighted by Crippen LogP contribution is 2.04. The molecule has 0 spiro atoms. The van der Waals surface area contributed by atoms with E-state index in [1.807, 2.05) is 18.2 Å². The van der Waals surface area contributed by atoms with Crippen molar-refractivity contribution in [3.05, 3.63) is 35.9 Å². The molecule has 1 rings (SSSR count). The van der Waals surface area contributed by atoms with Crippen LogP contribution >= 0.6 is 0 Å². The van der Waals surface area contributed by atoms with Gasteiger partial charge in [-0.3, -0.25) is 9.69 Å². The Morgan fingerprint density at radius 2 is 1.94 bits per heavy atom. The fraction of sp³-hybridized carbons (Fsp3) is 0.333. The van der Waals surface area contributed by atoms with Crippen molar-refractivity contribution >= 4 is 12.1 Å². The fourth-order valence-electron chi connectivity index (χ4n) is 1.36. The second kappa shape index (κ2) is 6.52. The molecule has 0 radical (unpaired) electrons. The maximum atomic E-state index is 11.2. The molecule has 17 heavy (non-hydrogen) atoms. The van der Waals surface area contributed by atoms with Gasteiger partial charge in [-0.05, 0) is 12.5 Å². The van der Waals surface area contributed by atoms with Crippen LogP contribution in [-0.4, -0.2) is 35.2 Å². The van der Waals surface area contributed by atoms with Crippen LogP contribution < -0.4 is 0 Å². The monoisotopic (exact) mass is 237 g/mol. The summed E-state index contributed by atoms with van der Waals surface area (Å²) in [6.45, 7) is 1.85. The SMILES string of the molecule is CCOC(=O)CN(Cc1ccccc1)C(=O)O. The smallest absolute Gasteiger partial charge is 0.408 e. The first kappa shape index (κ1) is 13.0. The van der Waals surface area contributed by atoms with Crippen LogP contribution in [0.25, 0.3) is 0 Å². The third kappa shape index (κ3) is 4.55. The molecule has 0 aliphatic carbocycles. The minimum absolute atomic E-state index is 0.176. The predicted molar refractivity (Wildman–Crippen MR) is 61.5 cm³/mol. The Kier molecular flexibility index (Phi) is 5.00. The second-order valence-corrected chi connectivity index (χ2v) is 3.43. The zero-order valence-corrected chi connectivity index (χ0v) is 9.63. The summed E-state index contributed by atoms with van der Waals surface area (Å²) in [6.07, 6.45) is -1.14. The summed E-state index contributed by atoms with van der Waals surface area (Å²) in [5.41, 5.74) is 0.833. The van der Waals surface area contributed by atoms with E-state index in [2.05, 4.69) is 0 Å². The Bertz CT molecular complexity index is 377. The zero-order valence-electron chi connectivity index (χ0n) is 9.63. The average Bonchev–Trinajstić information content (AvgIpc) is 2.29. The number of benzene rings is 1. The fourth-order valence-corrected chi connectivity index (χ4v) is 1.36. The lowest BCUT2D eigenvalue weighted by atomic mass is 10.2. The van der Waals surface area contributed by atoms with Gasteiger partial charge in [-0.2, -0.15) is 0 Å². The van der Waals surface area contributed by atoms with Gasteiger partial charge in [0.1, 0.15) is 6.54 Å². The van der Waals surface area contributed by atoms with Crippen molar-refractivity contribution in [2.45, 2.75) is 13.5 Å². The number of amides is 1. The molecule has 0 atom stereocenters. The molecule has 0 bridgehead atoms. The summed E-state index contributed by atoms with van der Waals surface area (Å²) in [5, 5.41) is 8.97. The number of carbonyl (C=O) groups excluding carboxylic acids is 1. The Morgan fingerprint density at radius 1 is 1.29 bits per heavy atom. The Labute approximate surface area is 99.6 Å². The Morgan fingerprint density at radius 3 is 2.47 bits per heavy atom. The maximum absolute atomic E-state index is 11.2. The third-order valence-corrected chi connectivity index (χ3v) is 2.11. The van der Waals surface area contributed by atoms with E-state index in [4.69, 9.17) is 9.84 Å². The topological polar surface area (TPSA) is 66.8 Å². The molecule has 0 saturated heterocycles. The molecular formula is C12H15NO4. The lowest BCUT2D eigenvalue weighted by Crippen LogP contribution is -2.34. The average molecular weight is 237 g/mol. The molecule has 5 nitrogen and oxygen atoms in total. The van der Waals surface area contributed by atoms with Crippen molar-refractivity contribution in [3.63, 3.8) is 0 Å². The van der Waals surface area contributed by atoms with Crippen LogP contribution in [0.5, 0.6) is 0 Å². The standard InChI is InChI=1S/C12H15NO4/c1-2-17-11(14)9-13(12(15)16)8-10-6-4-3-5-7-10/h3-7H,2,8-9H2,1H3,(H,15,16). The van der Waals surface area contributed by atoms with E-state index in [1.165, 1.54) is 0 Å². The van der Waals surface area contributed by atoms with Gasteiger partial charge in [0.2, 0.25) is 0 Å². The predicted octanol–water partition coefficient (Wildman–Crippen LogP) is 1.73. The molecule has 0 heterocycles. The highest BCUT2D eigenvalue weighted by molar-refractivity contribution is 5.77. The first-order chi connectivity index (χ1) is 8.13. The molecule has 1 N–H and O–H groups in total. The molecule has 0 fully saturated rings. The molecule has 92 valence electrons. The number of carboxylic acid groups (broad SMARTS) is 1. The van der Waals surface area contributed by atoms with Gasteiger partial charge in [-0.25, -0.2) is 4.79 Å².